The van der Waals surface area contributed by atoms with Gasteiger partial charge in [0.15, 0.2) is 5.84 Å². The first-order valence-electron chi connectivity index (χ1n) is 6.07. The molecule has 0 heterocycles. The van der Waals surface area contributed by atoms with Crippen LogP contribution in [0.15, 0.2) is 23.4 Å². The van der Waals surface area contributed by atoms with Crippen molar-refractivity contribution in [1.82, 2.24) is 0 Å². The summed E-state index contributed by atoms with van der Waals surface area (Å²) in [5.41, 5.74) is 6.91. The number of rotatable bonds is 4. The maximum atomic E-state index is 12.7. The number of nitrogens with two attached hydrogens (primary N) is 1. The molecule has 1 rings (SSSR count). The first-order valence-corrected chi connectivity index (χ1v) is 6.07. The van der Waals surface area contributed by atoms with Crippen molar-refractivity contribution in [2.75, 3.05) is 11.4 Å². The first-order chi connectivity index (χ1) is 9.15. The molecule has 0 amide bonds. The molecule has 112 valence electrons. The van der Waals surface area contributed by atoms with Gasteiger partial charge in [0.2, 0.25) is 0 Å². The van der Waals surface area contributed by atoms with Crippen LogP contribution in [0.3, 0.4) is 0 Å². The van der Waals surface area contributed by atoms with Crippen molar-refractivity contribution in [2.45, 2.75) is 33.0 Å². The fraction of sp³-hybridized carbons (Fsp3) is 0.462. The van der Waals surface area contributed by atoms with E-state index in [1.807, 2.05) is 0 Å². The summed E-state index contributed by atoms with van der Waals surface area (Å²) in [5, 5.41) is 11.6. The molecule has 7 heteroatoms. The zero-order valence-electron chi connectivity index (χ0n) is 11.6. The fourth-order valence-electron chi connectivity index (χ4n) is 1.89. The number of hydrogen-bond donors (Lipinski definition) is 2. The number of anilines is 1. The fourth-order valence-corrected chi connectivity index (χ4v) is 1.89. The van der Waals surface area contributed by atoms with Crippen molar-refractivity contribution in [1.29, 1.82) is 0 Å². The number of alkyl halides is 3. The number of benzene rings is 1. The Morgan fingerprint density at radius 2 is 2.00 bits per heavy atom. The summed E-state index contributed by atoms with van der Waals surface area (Å²) in [7, 11) is 0. The van der Waals surface area contributed by atoms with Crippen LogP contribution in [0.2, 0.25) is 0 Å². The third-order valence-corrected chi connectivity index (χ3v) is 2.82. The van der Waals surface area contributed by atoms with Gasteiger partial charge in [-0.15, -0.1) is 0 Å². The third-order valence-electron chi connectivity index (χ3n) is 2.82. The van der Waals surface area contributed by atoms with Gasteiger partial charge >= 0.3 is 6.18 Å². The lowest BCUT2D eigenvalue weighted by Crippen LogP contribution is -2.40. The smallest absolute Gasteiger partial charge is 0.405 e. The van der Waals surface area contributed by atoms with Crippen molar-refractivity contribution < 1.29 is 18.4 Å². The molecule has 1 aromatic rings. The minimum Gasteiger partial charge on any atom is -0.409 e. The molecule has 0 aliphatic carbocycles. The summed E-state index contributed by atoms with van der Waals surface area (Å²) in [4.78, 5) is 1.18. The summed E-state index contributed by atoms with van der Waals surface area (Å²) in [6.45, 7) is 3.99. The van der Waals surface area contributed by atoms with Crippen LogP contribution in [-0.4, -0.2) is 29.8 Å². The maximum absolute atomic E-state index is 12.7. The van der Waals surface area contributed by atoms with Crippen molar-refractivity contribution in [3.63, 3.8) is 0 Å². The number of aryl methyl sites for hydroxylation is 1. The SMILES string of the molecule is Cc1ccc(C(N)=NO)c(N(CC(F)(F)F)C(C)C)c1. The largest absolute Gasteiger partial charge is 0.409 e. The molecule has 0 aliphatic heterocycles. The molecule has 0 fully saturated rings. The summed E-state index contributed by atoms with van der Waals surface area (Å²) in [6, 6.07) is 4.46. The molecule has 0 unspecified atom stereocenters. The Hall–Kier alpha value is -1.92. The van der Waals surface area contributed by atoms with Crippen molar-refractivity contribution in [3.8, 4) is 0 Å². The van der Waals surface area contributed by atoms with Gasteiger partial charge in [0.25, 0.3) is 0 Å². The molecule has 0 radical (unpaired) electrons. The van der Waals surface area contributed by atoms with Crippen LogP contribution in [0.5, 0.6) is 0 Å². The van der Waals surface area contributed by atoms with E-state index in [9.17, 15) is 13.2 Å². The van der Waals surface area contributed by atoms with Crippen molar-refractivity contribution in [3.05, 3.63) is 29.3 Å². The molecule has 4 nitrogen and oxygen atoms in total. The normalized spacial score (nSPS) is 12.8. The molecule has 3 N–H and O–H groups in total. The van der Waals surface area contributed by atoms with E-state index >= 15 is 0 Å². The number of amidine groups is 1. The average molecular weight is 289 g/mol. The van der Waals surface area contributed by atoms with E-state index in [0.717, 1.165) is 5.56 Å². The second-order valence-corrected chi connectivity index (χ2v) is 4.84. The highest BCUT2D eigenvalue weighted by Gasteiger charge is 2.33. The number of halogens is 3. The zero-order valence-corrected chi connectivity index (χ0v) is 11.6. The van der Waals surface area contributed by atoms with Crippen LogP contribution in [-0.2, 0) is 0 Å². The number of nitrogens with zero attached hydrogens (tertiary/aromatic N) is 2. The minimum absolute atomic E-state index is 0.215. The summed E-state index contributed by atoms with van der Waals surface area (Å²) < 4.78 is 38.1. The second kappa shape index (κ2) is 6.02. The van der Waals surface area contributed by atoms with Crippen LogP contribution in [0.1, 0.15) is 25.0 Å². The lowest BCUT2D eigenvalue weighted by molar-refractivity contribution is -0.120. The highest BCUT2D eigenvalue weighted by atomic mass is 19.4. The van der Waals surface area contributed by atoms with Gasteiger partial charge in [-0.25, -0.2) is 0 Å². The first kappa shape index (κ1) is 16.1. The molecular formula is C13H18F3N3O. The third kappa shape index (κ3) is 4.04. The quantitative estimate of drug-likeness (QED) is 0.388. The summed E-state index contributed by atoms with van der Waals surface area (Å²) in [6.07, 6.45) is -4.34. The minimum atomic E-state index is -4.34. The van der Waals surface area contributed by atoms with E-state index in [0.29, 0.717) is 5.69 Å². The van der Waals surface area contributed by atoms with E-state index in [2.05, 4.69) is 5.16 Å². The standard InChI is InChI=1S/C13H18F3N3O/c1-8(2)19(7-13(14,15)16)11-6-9(3)4-5-10(11)12(17)18-20/h4-6,8,20H,7H2,1-3H3,(H2,17,18). The van der Waals surface area contributed by atoms with Gasteiger partial charge in [-0.1, -0.05) is 11.2 Å². The Bertz CT molecular complexity index is 498. The Labute approximate surface area is 115 Å². The van der Waals surface area contributed by atoms with Crippen LogP contribution in [0.25, 0.3) is 0 Å². The molecule has 0 saturated heterocycles. The van der Waals surface area contributed by atoms with Crippen molar-refractivity contribution >= 4 is 11.5 Å². The van der Waals surface area contributed by atoms with E-state index in [1.54, 1.807) is 39.0 Å². The van der Waals surface area contributed by atoms with Crippen molar-refractivity contribution in [2.24, 2.45) is 10.9 Å². The highest BCUT2D eigenvalue weighted by molar-refractivity contribution is 6.02. The monoisotopic (exact) mass is 289 g/mol. The second-order valence-electron chi connectivity index (χ2n) is 4.84. The van der Waals surface area contributed by atoms with Crippen LogP contribution in [0, 0.1) is 6.92 Å². The molecule has 0 bridgehead atoms. The zero-order chi connectivity index (χ0) is 15.5. The van der Waals surface area contributed by atoms with Gasteiger partial charge < -0.3 is 15.8 Å². The number of hydrogen-bond acceptors (Lipinski definition) is 3. The van der Waals surface area contributed by atoms with E-state index < -0.39 is 12.7 Å². The summed E-state index contributed by atoms with van der Waals surface area (Å²) in [5.74, 6) is -0.215. The number of oxime groups is 1. The molecule has 0 spiro atoms. The molecule has 0 atom stereocenters. The molecule has 1 aromatic carbocycles. The Balaban J connectivity index is 3.35. The predicted octanol–water partition coefficient (Wildman–Crippen LogP) is 2.87. The molecule has 20 heavy (non-hydrogen) atoms. The lowest BCUT2D eigenvalue weighted by atomic mass is 10.1. The van der Waals surface area contributed by atoms with Gasteiger partial charge in [0.05, 0.1) is 0 Å². The van der Waals surface area contributed by atoms with Gasteiger partial charge in [0.1, 0.15) is 6.54 Å². The molecule has 0 aromatic heterocycles. The molecule has 0 saturated carbocycles. The Kier molecular flexibility index (Phi) is 4.86. The Morgan fingerprint density at radius 1 is 1.40 bits per heavy atom. The van der Waals surface area contributed by atoms with E-state index in [1.165, 1.54) is 4.90 Å². The maximum Gasteiger partial charge on any atom is 0.405 e. The predicted molar refractivity (Wildman–Crippen MR) is 72.2 cm³/mol. The highest BCUT2D eigenvalue weighted by Crippen LogP contribution is 2.28. The van der Waals surface area contributed by atoms with Crippen LogP contribution in [0.4, 0.5) is 18.9 Å². The van der Waals surface area contributed by atoms with Gasteiger partial charge in [0, 0.05) is 17.3 Å². The van der Waals surface area contributed by atoms with E-state index in [-0.39, 0.29) is 17.4 Å². The van der Waals surface area contributed by atoms with E-state index in [4.69, 9.17) is 10.9 Å². The molecule has 0 aliphatic rings. The Morgan fingerprint density at radius 3 is 2.45 bits per heavy atom. The van der Waals surface area contributed by atoms with Gasteiger partial charge in [-0.2, -0.15) is 13.2 Å². The van der Waals surface area contributed by atoms with Gasteiger partial charge in [-0.05, 0) is 38.5 Å². The summed E-state index contributed by atoms with van der Waals surface area (Å²) >= 11 is 0. The van der Waals surface area contributed by atoms with Crippen LogP contribution >= 0.6 is 0 Å². The lowest BCUT2D eigenvalue weighted by Gasteiger charge is -2.31. The molecular weight excluding hydrogens is 271 g/mol. The van der Waals surface area contributed by atoms with Crippen LogP contribution < -0.4 is 10.6 Å². The average Bonchev–Trinajstić information content (AvgIpc) is 2.33. The van der Waals surface area contributed by atoms with Gasteiger partial charge in [-0.3, -0.25) is 0 Å². The topological polar surface area (TPSA) is 61.9 Å².